The minimum absolute atomic E-state index is 0.0208. The third-order valence-electron chi connectivity index (χ3n) is 3.51. The van der Waals surface area contributed by atoms with Gasteiger partial charge in [0.1, 0.15) is 11.9 Å². The molecule has 2 amide bonds. The van der Waals surface area contributed by atoms with Crippen molar-refractivity contribution >= 4 is 11.8 Å². The highest BCUT2D eigenvalue weighted by atomic mass is 16.2. The van der Waals surface area contributed by atoms with E-state index in [1.54, 1.807) is 11.1 Å². The molecule has 0 saturated carbocycles. The number of nitrogens with zero attached hydrogens (tertiary/aromatic N) is 3. The van der Waals surface area contributed by atoms with Crippen molar-refractivity contribution in [1.29, 1.82) is 0 Å². The fraction of sp³-hybridized carbons (Fsp3) is 0.643. The van der Waals surface area contributed by atoms with Crippen molar-refractivity contribution in [2.75, 3.05) is 13.1 Å². The van der Waals surface area contributed by atoms with Crippen LogP contribution in [0.5, 0.6) is 0 Å². The number of hydrogen-bond donors (Lipinski definition) is 1. The Hall–Kier alpha value is -1.85. The second kappa shape index (κ2) is 6.07. The molecule has 110 valence electrons. The standard InChI is InChI=1S/C14H22N4O2/c1-10(2)8-11-14(20)18(9-13(19)16-11)6-4-12-15-5-7-17(12)3/h5,7,10-11H,4,6,8-9H2,1-3H3,(H,16,19). The van der Waals surface area contributed by atoms with Crippen LogP contribution >= 0.6 is 0 Å². The summed E-state index contributed by atoms with van der Waals surface area (Å²) in [7, 11) is 1.93. The molecule has 20 heavy (non-hydrogen) atoms. The zero-order valence-electron chi connectivity index (χ0n) is 12.3. The van der Waals surface area contributed by atoms with E-state index in [4.69, 9.17) is 0 Å². The highest BCUT2D eigenvalue weighted by molar-refractivity contribution is 5.94. The molecule has 0 spiro atoms. The van der Waals surface area contributed by atoms with Crippen LogP contribution in [0.15, 0.2) is 12.4 Å². The van der Waals surface area contributed by atoms with E-state index in [2.05, 4.69) is 10.3 Å². The van der Waals surface area contributed by atoms with Gasteiger partial charge in [-0.05, 0) is 12.3 Å². The number of piperazine rings is 1. The van der Waals surface area contributed by atoms with E-state index < -0.39 is 0 Å². The van der Waals surface area contributed by atoms with Gasteiger partial charge in [-0.3, -0.25) is 9.59 Å². The first-order chi connectivity index (χ1) is 9.47. The van der Waals surface area contributed by atoms with E-state index >= 15 is 0 Å². The first-order valence-corrected chi connectivity index (χ1v) is 7.01. The maximum atomic E-state index is 12.3. The van der Waals surface area contributed by atoms with Gasteiger partial charge in [0.2, 0.25) is 11.8 Å². The average Bonchev–Trinajstić information content (AvgIpc) is 2.76. The second-order valence-corrected chi connectivity index (χ2v) is 5.71. The van der Waals surface area contributed by atoms with Gasteiger partial charge in [-0.25, -0.2) is 4.98 Å². The highest BCUT2D eigenvalue weighted by Gasteiger charge is 2.32. The molecule has 1 aliphatic heterocycles. The fourth-order valence-electron chi connectivity index (χ4n) is 2.47. The normalized spacial score (nSPS) is 19.6. The molecule has 1 aliphatic rings. The van der Waals surface area contributed by atoms with E-state index in [9.17, 15) is 9.59 Å². The molecule has 6 heteroatoms. The summed E-state index contributed by atoms with van der Waals surface area (Å²) in [4.78, 5) is 29.9. The molecule has 1 fully saturated rings. The molecule has 1 aromatic heterocycles. The number of aryl methyl sites for hydroxylation is 1. The lowest BCUT2D eigenvalue weighted by Crippen LogP contribution is -2.58. The summed E-state index contributed by atoms with van der Waals surface area (Å²) in [5.74, 6) is 1.24. The van der Waals surface area contributed by atoms with Gasteiger partial charge in [-0.2, -0.15) is 0 Å². The van der Waals surface area contributed by atoms with Crippen molar-refractivity contribution in [2.45, 2.75) is 32.7 Å². The maximum absolute atomic E-state index is 12.3. The number of amides is 2. The summed E-state index contributed by atoms with van der Waals surface area (Å²) >= 11 is 0. The fourth-order valence-corrected chi connectivity index (χ4v) is 2.47. The molecule has 2 rings (SSSR count). The van der Waals surface area contributed by atoms with Crippen molar-refractivity contribution in [3.8, 4) is 0 Å². The van der Waals surface area contributed by atoms with Crippen LogP contribution in [-0.4, -0.2) is 45.4 Å². The van der Waals surface area contributed by atoms with Gasteiger partial charge in [0.15, 0.2) is 0 Å². The van der Waals surface area contributed by atoms with Crippen molar-refractivity contribution in [3.63, 3.8) is 0 Å². The van der Waals surface area contributed by atoms with Gasteiger partial charge in [-0.1, -0.05) is 13.8 Å². The van der Waals surface area contributed by atoms with Crippen LogP contribution in [0.3, 0.4) is 0 Å². The Morgan fingerprint density at radius 2 is 2.20 bits per heavy atom. The average molecular weight is 278 g/mol. The Labute approximate surface area is 119 Å². The molecular formula is C14H22N4O2. The maximum Gasteiger partial charge on any atom is 0.245 e. The number of rotatable bonds is 5. The molecule has 6 nitrogen and oxygen atoms in total. The molecule has 2 heterocycles. The molecular weight excluding hydrogens is 256 g/mol. The topological polar surface area (TPSA) is 67.2 Å². The van der Waals surface area contributed by atoms with E-state index in [1.165, 1.54) is 0 Å². The van der Waals surface area contributed by atoms with E-state index in [0.29, 0.717) is 25.3 Å². The zero-order chi connectivity index (χ0) is 14.7. The lowest BCUT2D eigenvalue weighted by Gasteiger charge is -2.33. The molecule has 1 N–H and O–H groups in total. The van der Waals surface area contributed by atoms with E-state index in [-0.39, 0.29) is 24.4 Å². The van der Waals surface area contributed by atoms with Crippen molar-refractivity contribution in [3.05, 3.63) is 18.2 Å². The van der Waals surface area contributed by atoms with Crippen LogP contribution < -0.4 is 5.32 Å². The van der Waals surface area contributed by atoms with Gasteiger partial charge in [0.05, 0.1) is 6.54 Å². The third kappa shape index (κ3) is 3.37. The van der Waals surface area contributed by atoms with Gasteiger partial charge >= 0.3 is 0 Å². The van der Waals surface area contributed by atoms with Gasteiger partial charge < -0.3 is 14.8 Å². The van der Waals surface area contributed by atoms with Gasteiger partial charge in [0.25, 0.3) is 0 Å². The second-order valence-electron chi connectivity index (χ2n) is 5.71. The summed E-state index contributed by atoms with van der Waals surface area (Å²) in [6.07, 6.45) is 4.96. The van der Waals surface area contributed by atoms with Crippen LogP contribution in [0, 0.1) is 5.92 Å². The predicted molar refractivity (Wildman–Crippen MR) is 74.9 cm³/mol. The highest BCUT2D eigenvalue weighted by Crippen LogP contribution is 2.12. The predicted octanol–water partition coefficient (Wildman–Crippen LogP) is 0.336. The largest absolute Gasteiger partial charge is 0.343 e. The number of imidazole rings is 1. The Kier molecular flexibility index (Phi) is 4.42. The Morgan fingerprint density at radius 3 is 2.80 bits per heavy atom. The minimum Gasteiger partial charge on any atom is -0.343 e. The number of hydrogen-bond acceptors (Lipinski definition) is 3. The van der Waals surface area contributed by atoms with Crippen molar-refractivity contribution in [1.82, 2.24) is 19.8 Å². The molecule has 0 aromatic carbocycles. The SMILES string of the molecule is CC(C)CC1NC(=O)CN(CCc2nccn2C)C1=O. The lowest BCUT2D eigenvalue weighted by molar-refractivity contribution is -0.144. The van der Waals surface area contributed by atoms with Gasteiger partial charge in [-0.15, -0.1) is 0 Å². The number of carbonyl (C=O) groups excluding carboxylic acids is 2. The zero-order valence-corrected chi connectivity index (χ0v) is 12.3. The monoisotopic (exact) mass is 278 g/mol. The lowest BCUT2D eigenvalue weighted by atomic mass is 10.0. The Morgan fingerprint density at radius 1 is 1.45 bits per heavy atom. The summed E-state index contributed by atoms with van der Waals surface area (Å²) in [5, 5.41) is 2.78. The first-order valence-electron chi connectivity index (χ1n) is 7.01. The first kappa shape index (κ1) is 14.6. The summed E-state index contributed by atoms with van der Waals surface area (Å²) in [5.41, 5.74) is 0. The van der Waals surface area contributed by atoms with Crippen LogP contribution in [0.25, 0.3) is 0 Å². The van der Waals surface area contributed by atoms with Crippen molar-refractivity contribution < 1.29 is 9.59 Å². The summed E-state index contributed by atoms with van der Waals surface area (Å²) in [6.45, 7) is 4.78. The van der Waals surface area contributed by atoms with Crippen LogP contribution in [0.4, 0.5) is 0 Å². The smallest absolute Gasteiger partial charge is 0.245 e. The molecule has 0 bridgehead atoms. The summed E-state index contributed by atoms with van der Waals surface area (Å²) in [6, 6.07) is -0.377. The third-order valence-corrected chi connectivity index (χ3v) is 3.51. The van der Waals surface area contributed by atoms with Crippen LogP contribution in [0.1, 0.15) is 26.1 Å². The summed E-state index contributed by atoms with van der Waals surface area (Å²) < 4.78 is 1.93. The molecule has 1 atom stereocenters. The number of nitrogens with one attached hydrogen (secondary N) is 1. The van der Waals surface area contributed by atoms with Gasteiger partial charge in [0, 0.05) is 32.4 Å². The molecule has 1 aromatic rings. The van der Waals surface area contributed by atoms with Crippen LogP contribution in [0.2, 0.25) is 0 Å². The molecule has 1 saturated heterocycles. The molecule has 1 unspecified atom stereocenters. The van der Waals surface area contributed by atoms with E-state index in [1.807, 2.05) is 31.7 Å². The molecule has 0 aliphatic carbocycles. The quantitative estimate of drug-likeness (QED) is 0.844. The van der Waals surface area contributed by atoms with E-state index in [0.717, 1.165) is 5.82 Å². The minimum atomic E-state index is -0.377. The number of carbonyl (C=O) groups is 2. The molecule has 0 radical (unpaired) electrons. The van der Waals surface area contributed by atoms with Crippen molar-refractivity contribution in [2.24, 2.45) is 13.0 Å². The van der Waals surface area contributed by atoms with Crippen LogP contribution in [-0.2, 0) is 23.1 Å². The number of aromatic nitrogens is 2. The Balaban J connectivity index is 1.97. The Bertz CT molecular complexity index is 495.